The summed E-state index contributed by atoms with van der Waals surface area (Å²) in [6, 6.07) is 10.1. The predicted octanol–water partition coefficient (Wildman–Crippen LogP) is 2.05. The highest BCUT2D eigenvalue weighted by Gasteiger charge is 2.43. The van der Waals surface area contributed by atoms with Gasteiger partial charge in [-0.15, -0.1) is 0 Å². The third-order valence-corrected chi connectivity index (χ3v) is 5.09. The van der Waals surface area contributed by atoms with E-state index in [0.717, 1.165) is 24.6 Å². The van der Waals surface area contributed by atoms with Crippen LogP contribution in [0.1, 0.15) is 24.8 Å². The molecule has 104 valence electrons. The molecule has 1 aromatic rings. The second-order valence-electron chi connectivity index (χ2n) is 6.08. The van der Waals surface area contributed by atoms with Crippen molar-refractivity contribution in [3.63, 3.8) is 0 Å². The fraction of sp³-hybridized carbons (Fsp3) is 0.625. The lowest BCUT2D eigenvalue weighted by Gasteiger charge is -2.41. The normalized spacial score (nSPS) is 34.5. The van der Waals surface area contributed by atoms with Crippen LogP contribution in [-0.2, 0) is 6.42 Å². The predicted molar refractivity (Wildman–Crippen MR) is 77.4 cm³/mol. The lowest BCUT2D eigenvalue weighted by Crippen LogP contribution is -2.53. The first-order valence-electron chi connectivity index (χ1n) is 7.29. The van der Waals surface area contributed by atoms with Crippen LogP contribution in [0.4, 0.5) is 0 Å². The van der Waals surface area contributed by atoms with E-state index in [1.807, 2.05) is 6.07 Å². The Bertz CT molecular complexity index is 448. The maximum atomic E-state index is 6.42. The smallest absolute Gasteiger partial charge is 0.119 e. The molecule has 2 N–H and O–H groups in total. The van der Waals surface area contributed by atoms with E-state index in [2.05, 4.69) is 30.1 Å². The lowest BCUT2D eigenvalue weighted by atomic mass is 9.82. The Morgan fingerprint density at radius 2 is 2.21 bits per heavy atom. The molecule has 2 bridgehead atoms. The quantitative estimate of drug-likeness (QED) is 0.904. The van der Waals surface area contributed by atoms with Gasteiger partial charge in [0.25, 0.3) is 0 Å². The highest BCUT2D eigenvalue weighted by molar-refractivity contribution is 5.29. The van der Waals surface area contributed by atoms with E-state index in [1.54, 1.807) is 7.11 Å². The standard InChI is InChI=1S/C16H24N2O/c1-18-12-6-7-16(18)14(15(17)10-12)9-11-4-3-5-13(8-11)19-2/h3-5,8,12,14-16H,6-7,9-10,17H2,1-2H3/t12-,14+,15+,16-/m1/s1. The zero-order chi connectivity index (χ0) is 13.4. The first-order chi connectivity index (χ1) is 9.19. The molecule has 0 amide bonds. The van der Waals surface area contributed by atoms with Crippen molar-refractivity contribution in [2.75, 3.05) is 14.2 Å². The molecule has 0 aromatic heterocycles. The number of nitrogens with zero attached hydrogens (tertiary/aromatic N) is 1. The number of fused-ring (bicyclic) bond motifs is 2. The molecule has 0 radical (unpaired) electrons. The van der Waals surface area contributed by atoms with E-state index < -0.39 is 0 Å². The second-order valence-corrected chi connectivity index (χ2v) is 6.08. The summed E-state index contributed by atoms with van der Waals surface area (Å²) in [5, 5.41) is 0. The van der Waals surface area contributed by atoms with E-state index in [9.17, 15) is 0 Å². The van der Waals surface area contributed by atoms with Crippen molar-refractivity contribution < 1.29 is 4.74 Å². The molecule has 3 nitrogen and oxygen atoms in total. The fourth-order valence-electron chi connectivity index (χ4n) is 3.97. The van der Waals surface area contributed by atoms with Gasteiger partial charge in [0.2, 0.25) is 0 Å². The zero-order valence-corrected chi connectivity index (χ0v) is 11.9. The number of hydrogen-bond acceptors (Lipinski definition) is 3. The molecular formula is C16H24N2O. The zero-order valence-electron chi connectivity index (χ0n) is 11.9. The van der Waals surface area contributed by atoms with Crippen molar-refractivity contribution in [2.45, 2.75) is 43.8 Å². The van der Waals surface area contributed by atoms with E-state index in [-0.39, 0.29) is 0 Å². The van der Waals surface area contributed by atoms with Gasteiger partial charge < -0.3 is 15.4 Å². The number of nitrogens with two attached hydrogens (primary N) is 1. The number of benzene rings is 1. The number of hydrogen-bond donors (Lipinski definition) is 1. The molecular weight excluding hydrogens is 236 g/mol. The Morgan fingerprint density at radius 1 is 1.37 bits per heavy atom. The van der Waals surface area contributed by atoms with Crippen LogP contribution < -0.4 is 10.5 Å². The number of ether oxygens (including phenoxy) is 1. The minimum atomic E-state index is 0.347. The first-order valence-corrected chi connectivity index (χ1v) is 7.29. The van der Waals surface area contributed by atoms with E-state index in [0.29, 0.717) is 18.0 Å². The molecule has 0 unspecified atom stereocenters. The van der Waals surface area contributed by atoms with Crippen LogP contribution in [-0.4, -0.2) is 37.2 Å². The highest BCUT2D eigenvalue weighted by Crippen LogP contribution is 2.39. The molecule has 2 heterocycles. The summed E-state index contributed by atoms with van der Waals surface area (Å²) in [4.78, 5) is 2.56. The topological polar surface area (TPSA) is 38.5 Å². The molecule has 1 aromatic carbocycles. The van der Waals surface area contributed by atoms with Gasteiger partial charge in [0.1, 0.15) is 5.75 Å². The van der Waals surface area contributed by atoms with Gasteiger partial charge in [-0.1, -0.05) is 12.1 Å². The van der Waals surface area contributed by atoms with Crippen LogP contribution in [0.2, 0.25) is 0 Å². The van der Waals surface area contributed by atoms with Gasteiger partial charge in [0.05, 0.1) is 7.11 Å². The Balaban J connectivity index is 1.77. The van der Waals surface area contributed by atoms with Crippen molar-refractivity contribution in [1.82, 2.24) is 4.90 Å². The molecule has 2 saturated heterocycles. The minimum absolute atomic E-state index is 0.347. The minimum Gasteiger partial charge on any atom is -0.497 e. The maximum absolute atomic E-state index is 6.42. The van der Waals surface area contributed by atoms with Gasteiger partial charge in [-0.25, -0.2) is 0 Å². The average Bonchev–Trinajstić information content (AvgIpc) is 2.68. The molecule has 0 aliphatic carbocycles. The summed E-state index contributed by atoms with van der Waals surface area (Å²) >= 11 is 0. The molecule has 0 spiro atoms. The molecule has 4 atom stereocenters. The Hall–Kier alpha value is -1.06. The second kappa shape index (κ2) is 5.14. The molecule has 2 fully saturated rings. The van der Waals surface area contributed by atoms with Crippen molar-refractivity contribution >= 4 is 0 Å². The van der Waals surface area contributed by atoms with Gasteiger partial charge in [-0.05, 0) is 56.3 Å². The van der Waals surface area contributed by atoms with Gasteiger partial charge >= 0.3 is 0 Å². The van der Waals surface area contributed by atoms with Crippen LogP contribution in [0.15, 0.2) is 24.3 Å². The van der Waals surface area contributed by atoms with E-state index >= 15 is 0 Å². The number of rotatable bonds is 3. The van der Waals surface area contributed by atoms with Gasteiger partial charge in [0.15, 0.2) is 0 Å². The van der Waals surface area contributed by atoms with Gasteiger partial charge in [-0.3, -0.25) is 0 Å². The highest BCUT2D eigenvalue weighted by atomic mass is 16.5. The van der Waals surface area contributed by atoms with Crippen LogP contribution in [0.3, 0.4) is 0 Å². The molecule has 3 heteroatoms. The summed E-state index contributed by atoms with van der Waals surface area (Å²) in [5.41, 5.74) is 7.77. The van der Waals surface area contributed by atoms with E-state index in [1.165, 1.54) is 18.4 Å². The van der Waals surface area contributed by atoms with Crippen molar-refractivity contribution in [2.24, 2.45) is 11.7 Å². The summed E-state index contributed by atoms with van der Waals surface area (Å²) in [6.07, 6.45) is 4.86. The third kappa shape index (κ3) is 2.37. The fourth-order valence-corrected chi connectivity index (χ4v) is 3.97. The summed E-state index contributed by atoms with van der Waals surface area (Å²) in [7, 11) is 3.99. The molecule has 2 aliphatic rings. The maximum Gasteiger partial charge on any atom is 0.119 e. The summed E-state index contributed by atoms with van der Waals surface area (Å²) in [5.74, 6) is 1.52. The third-order valence-electron chi connectivity index (χ3n) is 5.09. The van der Waals surface area contributed by atoms with Crippen molar-refractivity contribution in [3.8, 4) is 5.75 Å². The van der Waals surface area contributed by atoms with E-state index in [4.69, 9.17) is 10.5 Å². The molecule has 0 saturated carbocycles. The first kappa shape index (κ1) is 12.9. The molecule has 3 rings (SSSR count). The summed E-state index contributed by atoms with van der Waals surface area (Å²) < 4.78 is 5.31. The Morgan fingerprint density at radius 3 is 3.00 bits per heavy atom. The number of methoxy groups -OCH3 is 1. The largest absolute Gasteiger partial charge is 0.497 e. The Labute approximate surface area is 115 Å². The Kier molecular flexibility index (Phi) is 3.50. The van der Waals surface area contributed by atoms with Crippen molar-refractivity contribution in [1.29, 1.82) is 0 Å². The summed E-state index contributed by atoms with van der Waals surface area (Å²) in [6.45, 7) is 0. The monoisotopic (exact) mass is 260 g/mol. The lowest BCUT2D eigenvalue weighted by molar-refractivity contribution is 0.102. The SMILES string of the molecule is COc1cccc(C[C@@H]2[C@H]3CC[C@H](C[C@@H]2N)N3C)c1. The average molecular weight is 260 g/mol. The van der Waals surface area contributed by atoms with Crippen LogP contribution in [0.25, 0.3) is 0 Å². The van der Waals surface area contributed by atoms with Crippen molar-refractivity contribution in [3.05, 3.63) is 29.8 Å². The number of piperidine rings is 1. The molecule has 2 aliphatic heterocycles. The van der Waals surface area contributed by atoms with Crippen LogP contribution in [0.5, 0.6) is 5.75 Å². The van der Waals surface area contributed by atoms with Crippen LogP contribution >= 0.6 is 0 Å². The van der Waals surface area contributed by atoms with Crippen LogP contribution in [0, 0.1) is 5.92 Å². The molecule has 19 heavy (non-hydrogen) atoms. The van der Waals surface area contributed by atoms with Gasteiger partial charge in [0, 0.05) is 18.1 Å². The van der Waals surface area contributed by atoms with Gasteiger partial charge in [-0.2, -0.15) is 0 Å².